The van der Waals surface area contributed by atoms with Gasteiger partial charge < -0.3 is 0 Å². The molecule has 1 unspecified atom stereocenters. The monoisotopic (exact) mass is 278 g/mol. The Morgan fingerprint density at radius 2 is 2.21 bits per heavy atom. The number of hydrogen-bond acceptors (Lipinski definition) is 1. The fourth-order valence-electron chi connectivity index (χ4n) is 1.48. The summed E-state index contributed by atoms with van der Waals surface area (Å²) >= 11 is 9.45. The minimum atomic E-state index is 0.544. The summed E-state index contributed by atoms with van der Waals surface area (Å²) in [5.41, 5.74) is 2.29. The largest absolute Gasteiger partial charge is 0.271 e. The first-order valence-corrected chi connectivity index (χ1v) is 6.16. The second-order valence-corrected chi connectivity index (χ2v) is 4.70. The van der Waals surface area contributed by atoms with Crippen molar-refractivity contribution in [3.05, 3.63) is 15.9 Å². The van der Waals surface area contributed by atoms with Gasteiger partial charge in [-0.2, -0.15) is 5.10 Å². The van der Waals surface area contributed by atoms with E-state index in [0.717, 1.165) is 23.0 Å². The normalized spacial score (nSPS) is 13.2. The summed E-state index contributed by atoms with van der Waals surface area (Å²) in [4.78, 5) is 0. The number of alkyl halides is 1. The van der Waals surface area contributed by atoms with Gasteiger partial charge in [0.2, 0.25) is 0 Å². The van der Waals surface area contributed by atoms with E-state index < -0.39 is 0 Å². The van der Waals surface area contributed by atoms with E-state index in [1.807, 2.05) is 18.7 Å². The van der Waals surface area contributed by atoms with Crippen LogP contribution in [0.5, 0.6) is 0 Å². The van der Waals surface area contributed by atoms with Crippen molar-refractivity contribution in [2.24, 2.45) is 13.0 Å². The smallest absolute Gasteiger partial charge is 0.0738 e. The Balaban J connectivity index is 2.84. The number of hydrogen-bond donors (Lipinski definition) is 0. The molecule has 0 amide bonds. The van der Waals surface area contributed by atoms with E-state index in [-0.39, 0.29) is 0 Å². The van der Waals surface area contributed by atoms with Crippen molar-refractivity contribution in [1.82, 2.24) is 9.78 Å². The van der Waals surface area contributed by atoms with E-state index >= 15 is 0 Å². The summed E-state index contributed by atoms with van der Waals surface area (Å²) in [5, 5.41) is 4.36. The first-order valence-electron chi connectivity index (χ1n) is 4.84. The molecule has 1 atom stereocenters. The summed E-state index contributed by atoms with van der Waals surface area (Å²) in [6.45, 7) is 4.18. The van der Waals surface area contributed by atoms with Crippen molar-refractivity contribution in [1.29, 1.82) is 0 Å². The zero-order valence-electron chi connectivity index (χ0n) is 8.85. The Hall–Kier alpha value is -0.0200. The lowest BCUT2D eigenvalue weighted by Gasteiger charge is -2.11. The number of rotatable bonds is 4. The quantitative estimate of drug-likeness (QED) is 0.773. The van der Waals surface area contributed by atoms with E-state index in [1.54, 1.807) is 0 Å². The standard InChI is InChI=1S/C10H16BrClN2/c1-4-8(6-12)5-9-10(11)7(2)13-14(9)3/h8H,4-6H2,1-3H3. The maximum absolute atomic E-state index is 5.88. The summed E-state index contributed by atoms with van der Waals surface area (Å²) in [7, 11) is 1.98. The molecular weight excluding hydrogens is 263 g/mol. The van der Waals surface area contributed by atoms with Gasteiger partial charge in [0.1, 0.15) is 0 Å². The first-order chi connectivity index (χ1) is 6.60. The Kier molecular flexibility index (Phi) is 4.45. The second kappa shape index (κ2) is 5.17. The summed E-state index contributed by atoms with van der Waals surface area (Å²) in [6.07, 6.45) is 2.11. The van der Waals surface area contributed by atoms with Crippen molar-refractivity contribution in [2.75, 3.05) is 5.88 Å². The molecule has 1 heterocycles. The molecule has 80 valence electrons. The van der Waals surface area contributed by atoms with Crippen molar-refractivity contribution in [3.63, 3.8) is 0 Å². The van der Waals surface area contributed by atoms with Gasteiger partial charge in [-0.1, -0.05) is 13.3 Å². The van der Waals surface area contributed by atoms with Gasteiger partial charge in [-0.3, -0.25) is 4.68 Å². The molecule has 1 rings (SSSR count). The fraction of sp³-hybridized carbons (Fsp3) is 0.700. The van der Waals surface area contributed by atoms with Crippen LogP contribution in [-0.2, 0) is 13.5 Å². The van der Waals surface area contributed by atoms with Crippen LogP contribution < -0.4 is 0 Å². The molecule has 2 nitrogen and oxygen atoms in total. The van der Waals surface area contributed by atoms with Crippen LogP contribution in [0.2, 0.25) is 0 Å². The van der Waals surface area contributed by atoms with Gasteiger partial charge in [0, 0.05) is 12.9 Å². The average molecular weight is 280 g/mol. The van der Waals surface area contributed by atoms with Gasteiger partial charge in [0.15, 0.2) is 0 Å². The SMILES string of the molecule is CCC(CCl)Cc1c(Br)c(C)nn1C. The molecule has 1 aromatic rings. The highest BCUT2D eigenvalue weighted by atomic mass is 79.9. The van der Waals surface area contributed by atoms with Gasteiger partial charge in [-0.15, -0.1) is 11.6 Å². The lowest BCUT2D eigenvalue weighted by atomic mass is 10.0. The molecule has 0 saturated heterocycles. The lowest BCUT2D eigenvalue weighted by Crippen LogP contribution is -2.09. The third-order valence-corrected chi connectivity index (χ3v) is 4.01. The predicted molar refractivity (Wildman–Crippen MR) is 63.9 cm³/mol. The van der Waals surface area contributed by atoms with Crippen LogP contribution in [0.15, 0.2) is 4.47 Å². The molecule has 0 bridgehead atoms. The number of halogens is 2. The van der Waals surface area contributed by atoms with Crippen molar-refractivity contribution in [3.8, 4) is 0 Å². The maximum Gasteiger partial charge on any atom is 0.0738 e. The van der Waals surface area contributed by atoms with Crippen LogP contribution >= 0.6 is 27.5 Å². The fourth-order valence-corrected chi connectivity index (χ4v) is 2.31. The van der Waals surface area contributed by atoms with Gasteiger partial charge in [0.05, 0.1) is 15.9 Å². The van der Waals surface area contributed by atoms with Gasteiger partial charge >= 0.3 is 0 Å². The summed E-state index contributed by atoms with van der Waals surface area (Å²) < 4.78 is 3.07. The highest BCUT2D eigenvalue weighted by molar-refractivity contribution is 9.10. The van der Waals surface area contributed by atoms with Crippen LogP contribution in [0.4, 0.5) is 0 Å². The zero-order chi connectivity index (χ0) is 10.7. The van der Waals surface area contributed by atoms with Crippen molar-refractivity contribution >= 4 is 27.5 Å². The molecule has 0 aliphatic heterocycles. The Bertz CT molecular complexity index is 305. The molecule has 0 aliphatic carbocycles. The van der Waals surface area contributed by atoms with E-state index in [2.05, 4.69) is 28.0 Å². The van der Waals surface area contributed by atoms with Crippen LogP contribution in [0.1, 0.15) is 24.7 Å². The van der Waals surface area contributed by atoms with Crippen molar-refractivity contribution < 1.29 is 0 Å². The Labute approximate surface area is 98.8 Å². The van der Waals surface area contributed by atoms with Crippen LogP contribution in [-0.4, -0.2) is 15.7 Å². The molecule has 0 N–H and O–H groups in total. The number of nitrogens with zero attached hydrogens (tertiary/aromatic N) is 2. The molecule has 0 aliphatic rings. The minimum absolute atomic E-state index is 0.544. The lowest BCUT2D eigenvalue weighted by molar-refractivity contribution is 0.537. The third-order valence-electron chi connectivity index (χ3n) is 2.54. The molecule has 0 radical (unpaired) electrons. The van der Waals surface area contributed by atoms with E-state index in [1.165, 1.54) is 5.69 Å². The topological polar surface area (TPSA) is 17.8 Å². The average Bonchev–Trinajstić information content (AvgIpc) is 2.40. The van der Waals surface area contributed by atoms with Crippen LogP contribution in [0.3, 0.4) is 0 Å². The van der Waals surface area contributed by atoms with E-state index in [4.69, 9.17) is 11.6 Å². The third kappa shape index (κ3) is 2.51. The molecule has 1 aromatic heterocycles. The molecule has 0 aromatic carbocycles. The van der Waals surface area contributed by atoms with Crippen LogP contribution in [0.25, 0.3) is 0 Å². The molecule has 14 heavy (non-hydrogen) atoms. The summed E-state index contributed by atoms with van der Waals surface area (Å²) in [5.74, 6) is 1.26. The van der Waals surface area contributed by atoms with E-state index in [9.17, 15) is 0 Å². The Morgan fingerprint density at radius 3 is 2.57 bits per heavy atom. The molecular formula is C10H16BrClN2. The van der Waals surface area contributed by atoms with E-state index in [0.29, 0.717) is 11.8 Å². The predicted octanol–water partition coefficient (Wildman–Crippen LogP) is 3.30. The molecule has 0 spiro atoms. The van der Waals surface area contributed by atoms with Crippen molar-refractivity contribution in [2.45, 2.75) is 26.7 Å². The maximum atomic E-state index is 5.88. The molecule has 0 fully saturated rings. The number of aromatic nitrogens is 2. The molecule has 4 heteroatoms. The second-order valence-electron chi connectivity index (χ2n) is 3.60. The zero-order valence-corrected chi connectivity index (χ0v) is 11.2. The summed E-state index contributed by atoms with van der Waals surface area (Å²) in [6, 6.07) is 0. The molecule has 0 saturated carbocycles. The number of aryl methyl sites for hydroxylation is 2. The van der Waals surface area contributed by atoms with Gasteiger partial charge in [-0.05, 0) is 35.2 Å². The van der Waals surface area contributed by atoms with Gasteiger partial charge in [0.25, 0.3) is 0 Å². The van der Waals surface area contributed by atoms with Gasteiger partial charge in [-0.25, -0.2) is 0 Å². The highest BCUT2D eigenvalue weighted by Gasteiger charge is 2.14. The highest BCUT2D eigenvalue weighted by Crippen LogP contribution is 2.24. The Morgan fingerprint density at radius 1 is 1.57 bits per heavy atom. The minimum Gasteiger partial charge on any atom is -0.271 e. The first kappa shape index (κ1) is 12.1. The van der Waals surface area contributed by atoms with Crippen LogP contribution in [0, 0.1) is 12.8 Å².